The van der Waals surface area contributed by atoms with E-state index in [-0.39, 0.29) is 5.69 Å². The van der Waals surface area contributed by atoms with E-state index in [1.807, 2.05) is 0 Å². The minimum absolute atomic E-state index is 0.0482. The highest BCUT2D eigenvalue weighted by atomic mass is 16.8. The normalized spacial score (nSPS) is 22.0. The maximum Gasteiger partial charge on any atom is 0.340 e. The molecule has 1 aliphatic heterocycles. The molecule has 1 saturated heterocycles. The molecule has 1 unspecified atom stereocenters. The lowest BCUT2D eigenvalue weighted by molar-refractivity contribution is -0.384. The number of ether oxygens (including phenoxy) is 2. The molecule has 1 atom stereocenters. The molecule has 6 nitrogen and oxygen atoms in total. The molecule has 1 fully saturated rings. The first-order valence-electron chi connectivity index (χ1n) is 5.04. The molecule has 0 amide bonds. The van der Waals surface area contributed by atoms with Crippen molar-refractivity contribution in [3.05, 3.63) is 39.4 Å². The van der Waals surface area contributed by atoms with Crippen LogP contribution in [0.1, 0.15) is 22.8 Å². The monoisotopic (exact) mass is 237 g/mol. The van der Waals surface area contributed by atoms with Crippen molar-refractivity contribution in [1.29, 1.82) is 0 Å². The summed E-state index contributed by atoms with van der Waals surface area (Å²) in [6.45, 7) is 3.66. The Morgan fingerprint density at radius 2 is 2.24 bits per heavy atom. The molecule has 0 aromatic heterocycles. The lowest BCUT2D eigenvalue weighted by Gasteiger charge is -2.09. The van der Waals surface area contributed by atoms with E-state index in [0.29, 0.717) is 17.7 Å². The van der Waals surface area contributed by atoms with E-state index in [1.54, 1.807) is 13.8 Å². The number of non-ortho nitro benzene ring substituents is 1. The molecule has 0 radical (unpaired) electrons. The number of hydrogen-bond donors (Lipinski definition) is 0. The van der Waals surface area contributed by atoms with Gasteiger partial charge in [-0.3, -0.25) is 10.1 Å². The van der Waals surface area contributed by atoms with Crippen LogP contribution in [-0.2, 0) is 9.47 Å². The molecule has 1 aromatic rings. The number of carbonyl (C=O) groups excluding carboxylic acids is 1. The number of epoxide rings is 1. The fraction of sp³-hybridized carbons (Fsp3) is 0.364. The molecular formula is C11H11NO5. The number of nitrogens with zero attached hydrogens (tertiary/aromatic N) is 1. The number of benzene rings is 1. The zero-order valence-corrected chi connectivity index (χ0v) is 9.43. The number of carbonyl (C=O) groups is 1. The van der Waals surface area contributed by atoms with E-state index >= 15 is 0 Å². The van der Waals surface area contributed by atoms with Crippen LogP contribution in [-0.4, -0.2) is 23.3 Å². The first kappa shape index (κ1) is 11.5. The van der Waals surface area contributed by atoms with Crippen LogP contribution in [0, 0.1) is 17.0 Å². The molecule has 0 bridgehead atoms. The van der Waals surface area contributed by atoms with Gasteiger partial charge in [-0.1, -0.05) is 0 Å². The van der Waals surface area contributed by atoms with Crippen LogP contribution in [0.5, 0.6) is 0 Å². The first-order valence-corrected chi connectivity index (χ1v) is 5.04. The molecule has 1 aliphatic rings. The van der Waals surface area contributed by atoms with Gasteiger partial charge in [0, 0.05) is 19.1 Å². The number of esters is 1. The second-order valence-corrected chi connectivity index (χ2v) is 4.07. The Morgan fingerprint density at radius 1 is 1.59 bits per heavy atom. The average Bonchev–Trinajstić information content (AvgIpc) is 2.95. The lowest BCUT2D eigenvalue weighted by atomic mass is 10.1. The Labute approximate surface area is 97.3 Å². The van der Waals surface area contributed by atoms with Gasteiger partial charge in [-0.05, 0) is 18.6 Å². The summed E-state index contributed by atoms with van der Waals surface area (Å²) in [6.07, 6.45) is 0. The van der Waals surface area contributed by atoms with Crippen LogP contribution in [0.15, 0.2) is 18.2 Å². The molecule has 17 heavy (non-hydrogen) atoms. The standard InChI is InChI=1S/C11H11NO5/c1-7-5-8(12(14)15)3-4-9(7)10(13)17-11(2)6-16-11/h3-5H,6H2,1-2H3. The molecule has 1 aromatic carbocycles. The van der Waals surface area contributed by atoms with Crippen molar-refractivity contribution in [2.24, 2.45) is 0 Å². The van der Waals surface area contributed by atoms with Gasteiger partial charge >= 0.3 is 5.97 Å². The third-order valence-corrected chi connectivity index (χ3v) is 2.50. The SMILES string of the molecule is Cc1cc([N+](=O)[O-])ccc1C(=O)OC1(C)CO1. The van der Waals surface area contributed by atoms with E-state index in [2.05, 4.69) is 0 Å². The Morgan fingerprint density at radius 3 is 2.71 bits per heavy atom. The van der Waals surface area contributed by atoms with Gasteiger partial charge in [-0.2, -0.15) is 0 Å². The molecule has 1 heterocycles. The summed E-state index contributed by atoms with van der Waals surface area (Å²) >= 11 is 0. The first-order chi connectivity index (χ1) is 7.91. The maximum atomic E-state index is 11.7. The Balaban J connectivity index is 2.21. The maximum absolute atomic E-state index is 11.7. The van der Waals surface area contributed by atoms with Gasteiger partial charge in [0.05, 0.1) is 10.5 Å². The molecule has 6 heteroatoms. The Hall–Kier alpha value is -1.95. The summed E-state index contributed by atoms with van der Waals surface area (Å²) in [4.78, 5) is 21.8. The number of nitro benzene ring substituents is 1. The predicted octanol–water partition coefficient (Wildman–Crippen LogP) is 1.81. The zero-order valence-electron chi connectivity index (χ0n) is 9.43. The minimum Gasteiger partial charge on any atom is -0.427 e. The lowest BCUT2D eigenvalue weighted by Crippen LogP contribution is -2.18. The molecule has 2 rings (SSSR count). The third-order valence-electron chi connectivity index (χ3n) is 2.50. The molecule has 0 spiro atoms. The smallest absolute Gasteiger partial charge is 0.340 e. The van der Waals surface area contributed by atoms with Crippen molar-refractivity contribution < 1.29 is 19.2 Å². The Kier molecular flexibility index (Phi) is 2.59. The topological polar surface area (TPSA) is 82.0 Å². The fourth-order valence-corrected chi connectivity index (χ4v) is 1.40. The number of hydrogen-bond acceptors (Lipinski definition) is 5. The van der Waals surface area contributed by atoms with Crippen molar-refractivity contribution in [2.45, 2.75) is 19.6 Å². The highest BCUT2D eigenvalue weighted by Gasteiger charge is 2.44. The Bertz CT molecular complexity index is 493. The van der Waals surface area contributed by atoms with Gasteiger partial charge in [-0.25, -0.2) is 4.79 Å². The third kappa shape index (κ3) is 2.42. The van der Waals surface area contributed by atoms with Crippen molar-refractivity contribution in [2.75, 3.05) is 6.61 Å². The van der Waals surface area contributed by atoms with Crippen LogP contribution in [0.4, 0.5) is 5.69 Å². The zero-order chi connectivity index (χ0) is 12.6. The molecule has 0 saturated carbocycles. The largest absolute Gasteiger partial charge is 0.427 e. The number of nitro groups is 1. The second-order valence-electron chi connectivity index (χ2n) is 4.07. The van der Waals surface area contributed by atoms with Crippen molar-refractivity contribution in [3.8, 4) is 0 Å². The van der Waals surface area contributed by atoms with Gasteiger partial charge in [0.25, 0.3) is 5.69 Å². The van der Waals surface area contributed by atoms with Crippen LogP contribution in [0.2, 0.25) is 0 Å². The summed E-state index contributed by atoms with van der Waals surface area (Å²) in [7, 11) is 0. The van der Waals surface area contributed by atoms with Crippen LogP contribution >= 0.6 is 0 Å². The molecule has 90 valence electrons. The molecule has 0 N–H and O–H groups in total. The summed E-state index contributed by atoms with van der Waals surface area (Å²) in [5.74, 6) is -1.36. The van der Waals surface area contributed by atoms with Gasteiger partial charge in [0.1, 0.15) is 6.61 Å². The van der Waals surface area contributed by atoms with Gasteiger partial charge in [0.2, 0.25) is 5.79 Å². The van der Waals surface area contributed by atoms with Gasteiger partial charge < -0.3 is 9.47 Å². The van der Waals surface area contributed by atoms with E-state index in [9.17, 15) is 14.9 Å². The molecular weight excluding hydrogens is 226 g/mol. The highest BCUT2D eigenvalue weighted by molar-refractivity contribution is 5.91. The minimum atomic E-state index is -0.828. The molecule has 0 aliphatic carbocycles. The van der Waals surface area contributed by atoms with E-state index in [0.717, 1.165) is 0 Å². The van der Waals surface area contributed by atoms with Crippen molar-refractivity contribution in [1.82, 2.24) is 0 Å². The second kappa shape index (κ2) is 3.81. The van der Waals surface area contributed by atoms with E-state index in [4.69, 9.17) is 9.47 Å². The van der Waals surface area contributed by atoms with Gasteiger partial charge in [0.15, 0.2) is 0 Å². The quantitative estimate of drug-likeness (QED) is 0.346. The van der Waals surface area contributed by atoms with Crippen LogP contribution in [0.25, 0.3) is 0 Å². The van der Waals surface area contributed by atoms with E-state index < -0.39 is 16.7 Å². The summed E-state index contributed by atoms with van der Waals surface area (Å²) < 4.78 is 10.0. The fourth-order valence-electron chi connectivity index (χ4n) is 1.40. The van der Waals surface area contributed by atoms with Crippen LogP contribution in [0.3, 0.4) is 0 Å². The highest BCUT2D eigenvalue weighted by Crippen LogP contribution is 2.29. The van der Waals surface area contributed by atoms with Crippen molar-refractivity contribution in [3.63, 3.8) is 0 Å². The van der Waals surface area contributed by atoms with Crippen molar-refractivity contribution >= 4 is 11.7 Å². The average molecular weight is 237 g/mol. The van der Waals surface area contributed by atoms with Gasteiger partial charge in [-0.15, -0.1) is 0 Å². The summed E-state index contributed by atoms with van der Waals surface area (Å²) in [6, 6.07) is 4.01. The predicted molar refractivity (Wildman–Crippen MR) is 57.6 cm³/mol. The van der Waals surface area contributed by atoms with Crippen LogP contribution < -0.4 is 0 Å². The number of aryl methyl sites for hydroxylation is 1. The summed E-state index contributed by atoms with van der Waals surface area (Å²) in [5.41, 5.74) is 0.772. The van der Waals surface area contributed by atoms with E-state index in [1.165, 1.54) is 18.2 Å². The summed E-state index contributed by atoms with van der Waals surface area (Å²) in [5, 5.41) is 10.5. The number of rotatable bonds is 3.